The van der Waals surface area contributed by atoms with Gasteiger partial charge in [0.2, 0.25) is 15.9 Å². The lowest BCUT2D eigenvalue weighted by atomic mass is 9.89. The van der Waals surface area contributed by atoms with Crippen LogP contribution < -0.4 is 14.8 Å². The molecule has 0 radical (unpaired) electrons. The number of likely N-dealkylation sites (N-methyl/N-ethyl adjacent to an activating group) is 1. The second kappa shape index (κ2) is 8.28. The van der Waals surface area contributed by atoms with Crippen molar-refractivity contribution in [3.05, 3.63) is 53.6 Å². The summed E-state index contributed by atoms with van der Waals surface area (Å²) in [5.74, 6) is 0.956. The summed E-state index contributed by atoms with van der Waals surface area (Å²) in [6, 6.07) is 11.7. The molecule has 0 saturated carbocycles. The van der Waals surface area contributed by atoms with Crippen molar-refractivity contribution in [2.75, 3.05) is 20.7 Å². The molecule has 0 aromatic heterocycles. The number of nitrogens with one attached hydrogen (secondary N) is 1. The smallest absolute Gasteiger partial charge is 0.243 e. The summed E-state index contributed by atoms with van der Waals surface area (Å²) >= 11 is 0. The Bertz CT molecular complexity index is 1030. The minimum Gasteiger partial charge on any atom is -0.497 e. The van der Waals surface area contributed by atoms with Crippen LogP contribution in [-0.4, -0.2) is 44.9 Å². The highest BCUT2D eigenvalue weighted by atomic mass is 32.2. The zero-order valence-electron chi connectivity index (χ0n) is 17.9. The van der Waals surface area contributed by atoms with Crippen molar-refractivity contribution in [3.63, 3.8) is 0 Å². The highest BCUT2D eigenvalue weighted by molar-refractivity contribution is 7.89. The van der Waals surface area contributed by atoms with Crippen molar-refractivity contribution < 1.29 is 22.7 Å². The molecule has 0 spiro atoms. The molecular formula is C22H28N2O5S. The maximum Gasteiger partial charge on any atom is 0.243 e. The fourth-order valence-corrected chi connectivity index (χ4v) is 4.63. The van der Waals surface area contributed by atoms with E-state index in [2.05, 4.69) is 5.32 Å². The largest absolute Gasteiger partial charge is 0.497 e. The number of fused-ring (bicyclic) bond motifs is 1. The van der Waals surface area contributed by atoms with Gasteiger partial charge in [0.15, 0.2) is 0 Å². The van der Waals surface area contributed by atoms with E-state index in [0.29, 0.717) is 17.9 Å². The van der Waals surface area contributed by atoms with Gasteiger partial charge in [-0.2, -0.15) is 4.31 Å². The SMILES string of the molecule is COc1ccc2c(c1)[C@@H](NC(=O)CN(C)S(=O)(=O)c1ccc(C)cc1)CC(C)(C)O2. The maximum atomic E-state index is 12.8. The highest BCUT2D eigenvalue weighted by Crippen LogP contribution is 2.41. The zero-order chi connectivity index (χ0) is 22.1. The zero-order valence-corrected chi connectivity index (χ0v) is 18.7. The number of benzene rings is 2. The molecule has 0 saturated heterocycles. The van der Waals surface area contributed by atoms with Gasteiger partial charge < -0.3 is 14.8 Å². The van der Waals surface area contributed by atoms with Gasteiger partial charge in [0.1, 0.15) is 17.1 Å². The number of hydrogen-bond donors (Lipinski definition) is 1. The van der Waals surface area contributed by atoms with E-state index in [4.69, 9.17) is 9.47 Å². The third-order valence-electron chi connectivity index (χ3n) is 5.10. The second-order valence-electron chi connectivity index (χ2n) is 8.16. The lowest BCUT2D eigenvalue weighted by molar-refractivity contribution is -0.122. The molecule has 1 amide bonds. The van der Waals surface area contributed by atoms with E-state index in [9.17, 15) is 13.2 Å². The van der Waals surface area contributed by atoms with E-state index in [1.807, 2.05) is 32.9 Å². The molecule has 0 unspecified atom stereocenters. The monoisotopic (exact) mass is 432 g/mol. The molecule has 162 valence electrons. The third-order valence-corrected chi connectivity index (χ3v) is 6.92. The number of hydrogen-bond acceptors (Lipinski definition) is 5. The molecule has 3 rings (SSSR count). The molecule has 1 aliphatic heterocycles. The fraction of sp³-hybridized carbons (Fsp3) is 0.409. The molecular weight excluding hydrogens is 404 g/mol. The molecule has 7 nitrogen and oxygen atoms in total. The van der Waals surface area contributed by atoms with Gasteiger partial charge in [-0.15, -0.1) is 0 Å². The highest BCUT2D eigenvalue weighted by Gasteiger charge is 2.35. The Morgan fingerprint density at radius 2 is 1.90 bits per heavy atom. The molecule has 2 aromatic rings. The van der Waals surface area contributed by atoms with E-state index in [-0.39, 0.29) is 23.4 Å². The van der Waals surface area contributed by atoms with E-state index >= 15 is 0 Å². The van der Waals surface area contributed by atoms with Crippen LogP contribution in [0.1, 0.15) is 37.4 Å². The minimum atomic E-state index is -3.76. The lowest BCUT2D eigenvalue weighted by Crippen LogP contribution is -2.44. The van der Waals surface area contributed by atoms with E-state index < -0.39 is 15.6 Å². The van der Waals surface area contributed by atoms with Crippen molar-refractivity contribution >= 4 is 15.9 Å². The van der Waals surface area contributed by atoms with Gasteiger partial charge in [0.25, 0.3) is 0 Å². The standard InChI is InChI=1S/C22H28N2O5S/c1-15-6-9-17(10-7-15)30(26,27)24(4)14-21(25)23-19-13-22(2,3)29-20-11-8-16(28-5)12-18(19)20/h6-12,19H,13-14H2,1-5H3,(H,23,25)/t19-/m0/s1. The number of rotatable bonds is 6. The molecule has 1 atom stereocenters. The Balaban J connectivity index is 1.76. The number of ether oxygens (including phenoxy) is 2. The Labute approximate surface area is 178 Å². The van der Waals surface area contributed by atoms with Crippen molar-refractivity contribution in [3.8, 4) is 11.5 Å². The van der Waals surface area contributed by atoms with Crippen molar-refractivity contribution in [2.24, 2.45) is 0 Å². The van der Waals surface area contributed by atoms with Crippen LogP contribution in [0, 0.1) is 6.92 Å². The molecule has 0 fully saturated rings. The first-order valence-corrected chi connectivity index (χ1v) is 11.2. The Morgan fingerprint density at radius 1 is 1.23 bits per heavy atom. The van der Waals surface area contributed by atoms with Crippen molar-refractivity contribution in [1.29, 1.82) is 0 Å². The number of carbonyl (C=O) groups excluding carboxylic acids is 1. The predicted molar refractivity (Wildman–Crippen MR) is 114 cm³/mol. The summed E-state index contributed by atoms with van der Waals surface area (Å²) in [4.78, 5) is 12.9. The minimum absolute atomic E-state index is 0.158. The summed E-state index contributed by atoms with van der Waals surface area (Å²) in [5, 5.41) is 2.96. The summed E-state index contributed by atoms with van der Waals surface area (Å²) in [6.07, 6.45) is 0.549. The van der Waals surface area contributed by atoms with E-state index in [1.54, 1.807) is 37.4 Å². The average Bonchev–Trinajstić information content (AvgIpc) is 2.67. The fourth-order valence-electron chi connectivity index (χ4n) is 3.51. The first kappa shape index (κ1) is 22.1. The first-order chi connectivity index (χ1) is 14.0. The second-order valence-corrected chi connectivity index (χ2v) is 10.2. The van der Waals surface area contributed by atoms with Crippen LogP contribution in [0.4, 0.5) is 0 Å². The normalized spacial score (nSPS) is 17.7. The van der Waals surface area contributed by atoms with Crippen LogP contribution in [0.2, 0.25) is 0 Å². The van der Waals surface area contributed by atoms with Gasteiger partial charge in [-0.3, -0.25) is 4.79 Å². The first-order valence-electron chi connectivity index (χ1n) is 9.71. The van der Waals surface area contributed by atoms with Crippen LogP contribution >= 0.6 is 0 Å². The molecule has 2 aromatic carbocycles. The Kier molecular flexibility index (Phi) is 6.10. The lowest BCUT2D eigenvalue weighted by Gasteiger charge is -2.38. The van der Waals surface area contributed by atoms with Gasteiger partial charge >= 0.3 is 0 Å². The molecule has 30 heavy (non-hydrogen) atoms. The number of amides is 1. The summed E-state index contributed by atoms with van der Waals surface area (Å²) in [7, 11) is -0.778. The van der Waals surface area contributed by atoms with Gasteiger partial charge in [0, 0.05) is 19.0 Å². The molecule has 1 N–H and O–H groups in total. The number of carbonyl (C=O) groups is 1. The van der Waals surface area contributed by atoms with Crippen LogP contribution in [-0.2, 0) is 14.8 Å². The summed E-state index contributed by atoms with van der Waals surface area (Å²) in [6.45, 7) is 5.50. The summed E-state index contributed by atoms with van der Waals surface area (Å²) < 4.78 is 37.9. The quantitative estimate of drug-likeness (QED) is 0.758. The van der Waals surface area contributed by atoms with Gasteiger partial charge in [-0.25, -0.2) is 8.42 Å². The van der Waals surface area contributed by atoms with Crippen molar-refractivity contribution in [1.82, 2.24) is 9.62 Å². The van der Waals surface area contributed by atoms with Gasteiger partial charge in [-0.05, 0) is 51.1 Å². The number of sulfonamides is 1. The summed E-state index contributed by atoms with van der Waals surface area (Å²) in [5.41, 5.74) is 1.30. The number of aryl methyl sites for hydroxylation is 1. The van der Waals surface area contributed by atoms with E-state index in [0.717, 1.165) is 15.4 Å². The molecule has 8 heteroatoms. The van der Waals surface area contributed by atoms with Gasteiger partial charge in [0.05, 0.1) is 24.6 Å². The molecule has 0 bridgehead atoms. The average molecular weight is 433 g/mol. The van der Waals surface area contributed by atoms with Crippen molar-refractivity contribution in [2.45, 2.75) is 43.7 Å². The molecule has 1 aliphatic rings. The number of nitrogens with zero attached hydrogens (tertiary/aromatic N) is 1. The van der Waals surface area contributed by atoms with Crippen LogP contribution in [0.5, 0.6) is 11.5 Å². The van der Waals surface area contributed by atoms with Crippen LogP contribution in [0.25, 0.3) is 0 Å². The van der Waals surface area contributed by atoms with Crippen LogP contribution in [0.3, 0.4) is 0 Å². The van der Waals surface area contributed by atoms with Gasteiger partial charge in [-0.1, -0.05) is 17.7 Å². The Morgan fingerprint density at radius 3 is 2.53 bits per heavy atom. The third kappa shape index (κ3) is 4.76. The molecule has 0 aliphatic carbocycles. The predicted octanol–water partition coefficient (Wildman–Crippen LogP) is 3.04. The Hall–Kier alpha value is -2.58. The molecule has 1 heterocycles. The number of methoxy groups -OCH3 is 1. The van der Waals surface area contributed by atoms with Crippen LogP contribution in [0.15, 0.2) is 47.4 Å². The van der Waals surface area contributed by atoms with E-state index in [1.165, 1.54) is 7.05 Å². The topological polar surface area (TPSA) is 84.9 Å². The maximum absolute atomic E-state index is 12.8.